The summed E-state index contributed by atoms with van der Waals surface area (Å²) in [6.45, 7) is 6.05. The van der Waals surface area contributed by atoms with Crippen molar-refractivity contribution in [1.82, 2.24) is 0 Å². The van der Waals surface area contributed by atoms with E-state index < -0.39 is 0 Å². The molecule has 0 rings (SSSR count). The lowest BCUT2D eigenvalue weighted by atomic mass is 10.2. The molecule has 0 fully saturated rings. The van der Waals surface area contributed by atoms with Crippen molar-refractivity contribution in [2.45, 2.75) is 39.5 Å². The van der Waals surface area contributed by atoms with Crippen molar-refractivity contribution in [3.05, 3.63) is 0 Å². The summed E-state index contributed by atoms with van der Waals surface area (Å²) in [6.07, 6.45) is 5.11. The summed E-state index contributed by atoms with van der Waals surface area (Å²) in [5, 5.41) is 0. The van der Waals surface area contributed by atoms with Crippen molar-refractivity contribution in [1.29, 1.82) is 0 Å². The third-order valence-corrected chi connectivity index (χ3v) is 2.33. The van der Waals surface area contributed by atoms with E-state index in [1.165, 1.54) is 25.7 Å². The van der Waals surface area contributed by atoms with Gasteiger partial charge in [-0.15, -0.1) is 11.6 Å². The zero-order valence-corrected chi connectivity index (χ0v) is 9.07. The van der Waals surface area contributed by atoms with Gasteiger partial charge in [0.25, 0.3) is 0 Å². The third kappa shape index (κ3) is 8.35. The number of halogens is 1. The topological polar surface area (TPSA) is 9.23 Å². The van der Waals surface area contributed by atoms with Gasteiger partial charge >= 0.3 is 0 Å². The Morgan fingerprint density at radius 3 is 2.58 bits per heavy atom. The van der Waals surface area contributed by atoms with Gasteiger partial charge in [-0.2, -0.15) is 0 Å². The molecule has 1 nitrogen and oxygen atoms in total. The molecular weight excluding hydrogens is 172 g/mol. The van der Waals surface area contributed by atoms with Crippen LogP contribution in [0.1, 0.15) is 39.5 Å². The predicted octanol–water partition coefficient (Wildman–Crippen LogP) is 3.46. The van der Waals surface area contributed by atoms with Gasteiger partial charge in [0, 0.05) is 12.5 Å². The molecule has 1 unspecified atom stereocenters. The van der Waals surface area contributed by atoms with Gasteiger partial charge in [0.1, 0.15) is 0 Å². The Hall–Kier alpha value is 0.250. The van der Waals surface area contributed by atoms with Gasteiger partial charge < -0.3 is 4.74 Å². The molecule has 0 radical (unpaired) electrons. The largest absolute Gasteiger partial charge is 0.381 e. The average molecular weight is 193 g/mol. The van der Waals surface area contributed by atoms with E-state index in [2.05, 4.69) is 13.8 Å². The highest BCUT2D eigenvalue weighted by molar-refractivity contribution is 6.18. The first kappa shape index (κ1) is 12.2. The van der Waals surface area contributed by atoms with E-state index in [9.17, 15) is 0 Å². The molecule has 0 N–H and O–H groups in total. The van der Waals surface area contributed by atoms with Crippen LogP contribution in [0.15, 0.2) is 0 Å². The zero-order chi connectivity index (χ0) is 9.23. The molecule has 0 aliphatic rings. The fraction of sp³-hybridized carbons (Fsp3) is 1.00. The van der Waals surface area contributed by atoms with Gasteiger partial charge in [-0.3, -0.25) is 0 Å². The van der Waals surface area contributed by atoms with Gasteiger partial charge in [-0.05, 0) is 12.3 Å². The van der Waals surface area contributed by atoms with Crippen LogP contribution in [0.25, 0.3) is 0 Å². The maximum absolute atomic E-state index is 5.63. The highest BCUT2D eigenvalue weighted by Crippen LogP contribution is 2.02. The van der Waals surface area contributed by atoms with Crippen LogP contribution in [-0.4, -0.2) is 19.1 Å². The van der Waals surface area contributed by atoms with Gasteiger partial charge in [-0.1, -0.05) is 33.1 Å². The quantitative estimate of drug-likeness (QED) is 0.423. The van der Waals surface area contributed by atoms with E-state index >= 15 is 0 Å². The van der Waals surface area contributed by atoms with Crippen molar-refractivity contribution < 1.29 is 4.74 Å². The molecule has 0 aromatic carbocycles. The number of alkyl halides is 1. The lowest BCUT2D eigenvalue weighted by molar-refractivity contribution is 0.107. The molecule has 0 bridgehead atoms. The molecule has 0 saturated heterocycles. The Labute approximate surface area is 81.4 Å². The van der Waals surface area contributed by atoms with Crippen LogP contribution in [-0.2, 0) is 4.74 Å². The Morgan fingerprint density at radius 2 is 2.00 bits per heavy atom. The molecule has 1 atom stereocenters. The number of rotatable bonds is 8. The predicted molar refractivity (Wildman–Crippen MR) is 54.8 cm³/mol. The average Bonchev–Trinajstić information content (AvgIpc) is 2.10. The molecular formula is C10H21ClO. The highest BCUT2D eigenvalue weighted by Gasteiger charge is 1.98. The number of hydrogen-bond donors (Lipinski definition) is 0. The number of unbranched alkanes of at least 4 members (excludes halogenated alkanes) is 3. The van der Waals surface area contributed by atoms with Crippen LogP contribution in [0.3, 0.4) is 0 Å². The summed E-state index contributed by atoms with van der Waals surface area (Å²) >= 11 is 5.63. The molecule has 2 heteroatoms. The lowest BCUT2D eigenvalue weighted by Gasteiger charge is -2.07. The van der Waals surface area contributed by atoms with Crippen molar-refractivity contribution >= 4 is 11.6 Å². The van der Waals surface area contributed by atoms with E-state index in [1.807, 2.05) is 0 Å². The van der Waals surface area contributed by atoms with Gasteiger partial charge in [0.2, 0.25) is 0 Å². The highest BCUT2D eigenvalue weighted by atomic mass is 35.5. The van der Waals surface area contributed by atoms with Crippen molar-refractivity contribution in [3.63, 3.8) is 0 Å². The molecule has 0 aromatic rings. The molecule has 74 valence electrons. The van der Waals surface area contributed by atoms with Crippen LogP contribution in [0, 0.1) is 5.92 Å². The second kappa shape index (κ2) is 9.34. The summed E-state index contributed by atoms with van der Waals surface area (Å²) < 4.78 is 5.45. The Bertz CT molecular complexity index is 85.9. The molecule has 12 heavy (non-hydrogen) atoms. The Morgan fingerprint density at radius 1 is 1.25 bits per heavy atom. The van der Waals surface area contributed by atoms with E-state index in [-0.39, 0.29) is 0 Å². The first-order chi connectivity index (χ1) is 5.81. The molecule has 0 aromatic heterocycles. The number of hydrogen-bond acceptors (Lipinski definition) is 1. The molecule has 0 saturated carbocycles. The monoisotopic (exact) mass is 192 g/mol. The van der Waals surface area contributed by atoms with Crippen LogP contribution in [0.2, 0.25) is 0 Å². The van der Waals surface area contributed by atoms with Gasteiger partial charge in [0.15, 0.2) is 0 Å². The van der Waals surface area contributed by atoms with Crippen molar-refractivity contribution in [2.75, 3.05) is 19.1 Å². The van der Waals surface area contributed by atoms with Crippen LogP contribution in [0.4, 0.5) is 0 Å². The van der Waals surface area contributed by atoms with E-state index in [0.717, 1.165) is 13.2 Å². The second-order valence-electron chi connectivity index (χ2n) is 3.40. The zero-order valence-electron chi connectivity index (χ0n) is 8.31. The Kier molecular flexibility index (Phi) is 9.53. The smallest absolute Gasteiger partial charge is 0.0503 e. The third-order valence-electron chi connectivity index (χ3n) is 1.81. The minimum Gasteiger partial charge on any atom is -0.381 e. The van der Waals surface area contributed by atoms with Gasteiger partial charge in [0.05, 0.1) is 6.61 Å². The van der Waals surface area contributed by atoms with E-state index in [4.69, 9.17) is 16.3 Å². The maximum Gasteiger partial charge on any atom is 0.0503 e. The SMILES string of the molecule is CCCCCCOCC(C)CCl. The minimum absolute atomic E-state index is 0.498. The Balaban J connectivity index is 2.90. The summed E-state index contributed by atoms with van der Waals surface area (Å²) in [7, 11) is 0. The standard InChI is InChI=1S/C10H21ClO/c1-3-4-5-6-7-12-9-10(2)8-11/h10H,3-9H2,1-2H3. The number of ether oxygens (including phenoxy) is 1. The normalized spacial score (nSPS) is 13.2. The van der Waals surface area contributed by atoms with E-state index in [0.29, 0.717) is 11.8 Å². The summed E-state index contributed by atoms with van der Waals surface area (Å²) in [5.74, 6) is 1.20. The van der Waals surface area contributed by atoms with Crippen molar-refractivity contribution in [3.8, 4) is 0 Å². The van der Waals surface area contributed by atoms with Crippen LogP contribution >= 0.6 is 11.6 Å². The second-order valence-corrected chi connectivity index (χ2v) is 3.70. The summed E-state index contributed by atoms with van der Waals surface area (Å²) in [6, 6.07) is 0. The van der Waals surface area contributed by atoms with Crippen LogP contribution < -0.4 is 0 Å². The lowest BCUT2D eigenvalue weighted by Crippen LogP contribution is -2.07. The molecule has 0 heterocycles. The maximum atomic E-state index is 5.63. The minimum atomic E-state index is 0.498. The molecule has 0 amide bonds. The van der Waals surface area contributed by atoms with Crippen LogP contribution in [0.5, 0.6) is 0 Å². The first-order valence-corrected chi connectivity index (χ1v) is 5.48. The fourth-order valence-electron chi connectivity index (χ4n) is 0.960. The molecule has 0 spiro atoms. The molecule has 0 aliphatic carbocycles. The van der Waals surface area contributed by atoms with Gasteiger partial charge in [-0.25, -0.2) is 0 Å². The summed E-state index contributed by atoms with van der Waals surface area (Å²) in [5.41, 5.74) is 0. The fourth-order valence-corrected chi connectivity index (χ4v) is 1.05. The summed E-state index contributed by atoms with van der Waals surface area (Å²) in [4.78, 5) is 0. The first-order valence-electron chi connectivity index (χ1n) is 4.95. The van der Waals surface area contributed by atoms with Crippen molar-refractivity contribution in [2.24, 2.45) is 5.92 Å². The molecule has 0 aliphatic heterocycles. The van der Waals surface area contributed by atoms with E-state index in [1.54, 1.807) is 0 Å².